The first-order chi connectivity index (χ1) is 17.5. The van der Waals surface area contributed by atoms with Crippen molar-refractivity contribution in [3.63, 3.8) is 0 Å². The lowest BCUT2D eigenvalue weighted by Gasteiger charge is -2.27. The van der Waals surface area contributed by atoms with Crippen molar-refractivity contribution >= 4 is 29.7 Å². The molecule has 0 spiro atoms. The minimum atomic E-state index is -4.81. The molecular weight excluding hydrogens is 497 g/mol. The van der Waals surface area contributed by atoms with E-state index in [9.17, 15) is 37.1 Å². The van der Waals surface area contributed by atoms with E-state index >= 15 is 0 Å². The number of benzene rings is 1. The van der Waals surface area contributed by atoms with Gasteiger partial charge in [0.05, 0.1) is 35.4 Å². The maximum atomic E-state index is 12.9. The molecule has 13 heteroatoms. The van der Waals surface area contributed by atoms with Gasteiger partial charge < -0.3 is 10.6 Å². The Morgan fingerprint density at radius 3 is 2.62 bits per heavy atom. The zero-order valence-electron chi connectivity index (χ0n) is 18.9. The van der Waals surface area contributed by atoms with Gasteiger partial charge in [0.25, 0.3) is 11.8 Å². The van der Waals surface area contributed by atoms with Crippen LogP contribution in [0.15, 0.2) is 40.9 Å². The van der Waals surface area contributed by atoms with E-state index in [-0.39, 0.29) is 48.2 Å². The van der Waals surface area contributed by atoms with E-state index in [4.69, 9.17) is 0 Å². The molecule has 0 saturated carbocycles. The molecule has 1 aliphatic carbocycles. The summed E-state index contributed by atoms with van der Waals surface area (Å²) in [4.78, 5) is 62.3. The average Bonchev–Trinajstić information content (AvgIpc) is 2.97. The molecule has 6 amide bonds. The molecule has 3 aliphatic rings. The Labute approximate surface area is 207 Å². The Hall–Kier alpha value is -4.62. The van der Waals surface area contributed by atoms with Gasteiger partial charge in [0.15, 0.2) is 0 Å². The van der Waals surface area contributed by atoms with Gasteiger partial charge in [-0.15, -0.1) is 13.2 Å². The van der Waals surface area contributed by atoms with Gasteiger partial charge in [-0.3, -0.25) is 34.1 Å². The lowest BCUT2D eigenvalue weighted by Crippen LogP contribution is -2.54. The third-order valence-electron chi connectivity index (χ3n) is 5.47. The van der Waals surface area contributed by atoms with Crippen LogP contribution in [-0.2, 0) is 20.9 Å². The highest BCUT2D eigenvalue weighted by molar-refractivity contribution is 6.23. The molecule has 3 N–H and O–H groups in total. The number of imide groups is 2. The number of ether oxygens (including phenoxy) is 1. The number of alkyl halides is 3. The topological polar surface area (TPSA) is 134 Å². The van der Waals surface area contributed by atoms with Crippen molar-refractivity contribution in [2.24, 2.45) is 0 Å². The van der Waals surface area contributed by atoms with Gasteiger partial charge in [0.2, 0.25) is 11.8 Å². The first kappa shape index (κ1) is 25.5. The maximum Gasteiger partial charge on any atom is 0.522 e. The van der Waals surface area contributed by atoms with Crippen LogP contribution >= 0.6 is 0 Å². The summed E-state index contributed by atoms with van der Waals surface area (Å²) in [5.74, 6) is 2.51. The van der Waals surface area contributed by atoms with Crippen LogP contribution in [0.3, 0.4) is 0 Å². The van der Waals surface area contributed by atoms with Crippen molar-refractivity contribution in [1.82, 2.24) is 20.9 Å². The standard InChI is InChI=1S/C24H17F3N4O6/c25-24(26,27)37-12-13-2-1-3-15(6-4-13)29-23(36)28-11-14-5-7-16-17(10-14)22(35)31(21(16)34)18-8-9-19(32)30-20(18)33/h5,7,10,18H,3,8-9,11-12H2,(H2,28,29,36)(H,30,32,33). The molecule has 1 aromatic rings. The number of rotatable bonds is 6. The number of piperidine rings is 1. The molecule has 1 fully saturated rings. The molecular formula is C24H17F3N4O6. The molecule has 4 rings (SSSR count). The number of halogens is 3. The first-order valence-electron chi connectivity index (χ1n) is 10.8. The van der Waals surface area contributed by atoms with Crippen molar-refractivity contribution < 1.29 is 41.9 Å². The van der Waals surface area contributed by atoms with Crippen LogP contribution in [0.2, 0.25) is 0 Å². The lowest BCUT2D eigenvalue weighted by atomic mass is 10.0. The SMILES string of the molecule is O=C1CCC(N2C(=O)c3ccc(CNC(=O)NC4=C=C=C(COC(F)(F)F)C#CC4)cc3C2=O)C(=O)N1. The Morgan fingerprint density at radius 1 is 1.14 bits per heavy atom. The molecule has 1 atom stereocenters. The number of hydrogen-bond acceptors (Lipinski definition) is 6. The van der Waals surface area contributed by atoms with E-state index in [0.29, 0.717) is 5.56 Å². The zero-order chi connectivity index (χ0) is 26.7. The molecule has 1 saturated heterocycles. The molecule has 1 unspecified atom stereocenters. The summed E-state index contributed by atoms with van der Waals surface area (Å²) < 4.78 is 40.2. The van der Waals surface area contributed by atoms with Crippen LogP contribution in [0.25, 0.3) is 0 Å². The smallest absolute Gasteiger partial charge is 0.334 e. The van der Waals surface area contributed by atoms with Crippen LogP contribution in [0.5, 0.6) is 0 Å². The molecule has 0 aromatic heterocycles. The summed E-state index contributed by atoms with van der Waals surface area (Å²) >= 11 is 0. The number of fused-ring (bicyclic) bond motifs is 1. The predicted octanol–water partition coefficient (Wildman–Crippen LogP) is 1.39. The minimum Gasteiger partial charge on any atom is -0.334 e. The second kappa shape index (κ2) is 10.2. The number of carbonyl (C=O) groups is 5. The molecule has 10 nitrogen and oxygen atoms in total. The normalized spacial score (nSPS) is 18.8. The van der Waals surface area contributed by atoms with Crippen molar-refractivity contribution in [2.75, 3.05) is 6.61 Å². The largest absolute Gasteiger partial charge is 0.522 e. The molecule has 0 bridgehead atoms. The van der Waals surface area contributed by atoms with E-state index in [2.05, 4.69) is 44.0 Å². The molecule has 2 aliphatic heterocycles. The highest BCUT2D eigenvalue weighted by Gasteiger charge is 2.44. The molecule has 1 aromatic carbocycles. The Kier molecular flexibility index (Phi) is 7.00. The molecule has 37 heavy (non-hydrogen) atoms. The third-order valence-corrected chi connectivity index (χ3v) is 5.47. The van der Waals surface area contributed by atoms with Crippen LogP contribution in [-0.4, -0.2) is 53.6 Å². The van der Waals surface area contributed by atoms with Gasteiger partial charge in [-0.25, -0.2) is 4.79 Å². The van der Waals surface area contributed by atoms with Crippen LogP contribution in [0, 0.1) is 11.8 Å². The highest BCUT2D eigenvalue weighted by atomic mass is 19.4. The summed E-state index contributed by atoms with van der Waals surface area (Å²) in [6.07, 6.45) is -4.78. The van der Waals surface area contributed by atoms with Crippen LogP contribution < -0.4 is 16.0 Å². The van der Waals surface area contributed by atoms with Crippen molar-refractivity contribution in [2.45, 2.75) is 38.2 Å². The molecule has 190 valence electrons. The number of urea groups is 1. The number of nitrogens with one attached hydrogen (secondary N) is 3. The first-order valence-corrected chi connectivity index (χ1v) is 10.8. The van der Waals surface area contributed by atoms with Gasteiger partial charge in [-0.05, 0) is 29.8 Å². The van der Waals surface area contributed by atoms with Gasteiger partial charge >= 0.3 is 12.4 Å². The number of nitrogens with zero attached hydrogens (tertiary/aromatic N) is 1. The fourth-order valence-corrected chi connectivity index (χ4v) is 3.76. The van der Waals surface area contributed by atoms with E-state index in [1.165, 1.54) is 18.2 Å². The summed E-state index contributed by atoms with van der Waals surface area (Å²) in [7, 11) is 0. The van der Waals surface area contributed by atoms with E-state index in [1.807, 2.05) is 0 Å². The molecule has 0 radical (unpaired) electrons. The highest BCUT2D eigenvalue weighted by Crippen LogP contribution is 2.28. The van der Waals surface area contributed by atoms with Crippen LogP contribution in [0.4, 0.5) is 18.0 Å². The number of carbonyl (C=O) groups excluding carboxylic acids is 5. The number of amides is 6. The minimum absolute atomic E-state index is 0.00156. The second-order valence-corrected chi connectivity index (χ2v) is 8.05. The quantitative estimate of drug-likeness (QED) is 0.299. The summed E-state index contributed by atoms with van der Waals surface area (Å²) in [5, 5.41) is 7.13. The lowest BCUT2D eigenvalue weighted by molar-refractivity contribution is -0.320. The zero-order valence-corrected chi connectivity index (χ0v) is 18.9. The Morgan fingerprint density at radius 2 is 1.89 bits per heavy atom. The predicted molar refractivity (Wildman–Crippen MR) is 117 cm³/mol. The summed E-state index contributed by atoms with van der Waals surface area (Å²) in [6.45, 7) is -0.869. The van der Waals surface area contributed by atoms with Gasteiger partial charge in [-0.2, -0.15) is 0 Å². The Balaban J connectivity index is 1.38. The van der Waals surface area contributed by atoms with E-state index < -0.39 is 48.7 Å². The summed E-state index contributed by atoms with van der Waals surface area (Å²) in [5.41, 5.74) is 5.69. The van der Waals surface area contributed by atoms with Crippen LogP contribution in [0.1, 0.15) is 45.5 Å². The number of hydrogen-bond donors (Lipinski definition) is 3. The Bertz CT molecular complexity index is 1390. The number of allylic oxidation sites excluding steroid dienone is 1. The van der Waals surface area contributed by atoms with Gasteiger partial charge in [-0.1, -0.05) is 23.6 Å². The average molecular weight is 514 g/mol. The van der Waals surface area contributed by atoms with E-state index in [0.717, 1.165) is 4.90 Å². The maximum absolute atomic E-state index is 12.9. The fraction of sp³-hybridized carbons (Fsp3) is 0.292. The van der Waals surface area contributed by atoms with Gasteiger partial charge in [0.1, 0.15) is 6.04 Å². The van der Waals surface area contributed by atoms with Crippen molar-refractivity contribution in [3.8, 4) is 11.8 Å². The fourth-order valence-electron chi connectivity index (χ4n) is 3.76. The molecule has 2 heterocycles. The van der Waals surface area contributed by atoms with Gasteiger partial charge in [0, 0.05) is 13.0 Å². The van der Waals surface area contributed by atoms with Crippen molar-refractivity contribution in [1.29, 1.82) is 0 Å². The van der Waals surface area contributed by atoms with Crippen molar-refractivity contribution in [3.05, 3.63) is 57.6 Å². The summed E-state index contributed by atoms with van der Waals surface area (Å²) in [6, 6.07) is 2.61. The third kappa shape index (κ3) is 5.97. The second-order valence-electron chi connectivity index (χ2n) is 8.05. The van der Waals surface area contributed by atoms with E-state index in [1.54, 1.807) is 0 Å². The monoisotopic (exact) mass is 514 g/mol.